The van der Waals surface area contributed by atoms with Gasteiger partial charge in [-0.25, -0.2) is 9.97 Å². The SMILES string of the molecule is Cc1nc2ccccc2nc1N1CCN(C(=O)CN2C(=O)c3ccccc3C2=O)CC1. The molecule has 2 aromatic carbocycles. The highest BCUT2D eigenvalue weighted by atomic mass is 16.2. The zero-order valence-electron chi connectivity index (χ0n) is 17.1. The van der Waals surface area contributed by atoms with Crippen molar-refractivity contribution in [3.8, 4) is 0 Å². The molecule has 3 aromatic rings. The van der Waals surface area contributed by atoms with Crippen molar-refractivity contribution >= 4 is 34.6 Å². The van der Waals surface area contributed by atoms with Gasteiger partial charge in [-0.15, -0.1) is 0 Å². The number of piperazine rings is 1. The van der Waals surface area contributed by atoms with Gasteiger partial charge in [-0.05, 0) is 31.2 Å². The zero-order chi connectivity index (χ0) is 21.5. The average Bonchev–Trinajstić information content (AvgIpc) is 3.04. The summed E-state index contributed by atoms with van der Waals surface area (Å²) < 4.78 is 0. The third-order valence-electron chi connectivity index (χ3n) is 5.82. The van der Waals surface area contributed by atoms with Crippen LogP contribution >= 0.6 is 0 Å². The van der Waals surface area contributed by atoms with Crippen LogP contribution in [0.1, 0.15) is 26.4 Å². The number of nitrogens with zero attached hydrogens (tertiary/aromatic N) is 5. The van der Waals surface area contributed by atoms with Crippen LogP contribution in [0, 0.1) is 6.92 Å². The first-order valence-electron chi connectivity index (χ1n) is 10.2. The van der Waals surface area contributed by atoms with E-state index in [1.165, 1.54) is 0 Å². The third kappa shape index (κ3) is 3.30. The van der Waals surface area contributed by atoms with Crippen molar-refractivity contribution in [2.45, 2.75) is 6.92 Å². The van der Waals surface area contributed by atoms with Crippen LogP contribution in [0.5, 0.6) is 0 Å². The highest BCUT2D eigenvalue weighted by Crippen LogP contribution is 2.24. The molecule has 0 spiro atoms. The fourth-order valence-electron chi connectivity index (χ4n) is 4.16. The molecule has 1 saturated heterocycles. The molecule has 31 heavy (non-hydrogen) atoms. The van der Waals surface area contributed by atoms with Gasteiger partial charge in [0.1, 0.15) is 6.54 Å². The lowest BCUT2D eigenvalue weighted by Gasteiger charge is -2.36. The van der Waals surface area contributed by atoms with E-state index in [1.54, 1.807) is 29.2 Å². The molecule has 0 N–H and O–H groups in total. The van der Waals surface area contributed by atoms with Gasteiger partial charge in [-0.3, -0.25) is 19.3 Å². The molecule has 3 amide bonds. The van der Waals surface area contributed by atoms with Gasteiger partial charge < -0.3 is 9.80 Å². The van der Waals surface area contributed by atoms with Crippen molar-refractivity contribution in [3.05, 3.63) is 65.4 Å². The number of fused-ring (bicyclic) bond motifs is 2. The maximum absolute atomic E-state index is 12.8. The molecular weight excluding hydrogens is 394 g/mol. The summed E-state index contributed by atoms with van der Waals surface area (Å²) in [6.45, 7) is 3.92. The van der Waals surface area contributed by atoms with Crippen molar-refractivity contribution in [1.82, 2.24) is 19.8 Å². The topological polar surface area (TPSA) is 86.7 Å². The molecule has 0 radical (unpaired) electrons. The molecule has 5 rings (SSSR count). The van der Waals surface area contributed by atoms with Gasteiger partial charge in [0.15, 0.2) is 5.82 Å². The van der Waals surface area contributed by atoms with Gasteiger partial charge in [0.2, 0.25) is 5.91 Å². The summed E-state index contributed by atoms with van der Waals surface area (Å²) >= 11 is 0. The van der Waals surface area contributed by atoms with Gasteiger partial charge in [0.05, 0.1) is 27.9 Å². The van der Waals surface area contributed by atoms with Crippen LogP contribution in [0.2, 0.25) is 0 Å². The fraction of sp³-hybridized carbons (Fsp3) is 0.261. The van der Waals surface area contributed by atoms with E-state index in [0.717, 1.165) is 27.4 Å². The van der Waals surface area contributed by atoms with Crippen LogP contribution in [-0.2, 0) is 4.79 Å². The zero-order valence-corrected chi connectivity index (χ0v) is 17.1. The molecular formula is C23H21N5O3. The van der Waals surface area contributed by atoms with E-state index < -0.39 is 11.8 Å². The first-order chi connectivity index (χ1) is 15.0. The second-order valence-electron chi connectivity index (χ2n) is 7.73. The Morgan fingerprint density at radius 3 is 2.00 bits per heavy atom. The van der Waals surface area contributed by atoms with Gasteiger partial charge in [-0.1, -0.05) is 24.3 Å². The third-order valence-corrected chi connectivity index (χ3v) is 5.82. The summed E-state index contributed by atoms with van der Waals surface area (Å²) in [5.74, 6) is -0.217. The number of para-hydroxylation sites is 2. The van der Waals surface area contributed by atoms with E-state index in [1.807, 2.05) is 31.2 Å². The predicted octanol–water partition coefficient (Wildman–Crippen LogP) is 1.88. The van der Waals surface area contributed by atoms with Crippen molar-refractivity contribution < 1.29 is 14.4 Å². The van der Waals surface area contributed by atoms with Crippen LogP contribution in [-0.4, -0.2) is 70.2 Å². The van der Waals surface area contributed by atoms with Gasteiger partial charge >= 0.3 is 0 Å². The average molecular weight is 415 g/mol. The maximum atomic E-state index is 12.8. The normalized spacial score (nSPS) is 16.2. The lowest BCUT2D eigenvalue weighted by atomic mass is 10.1. The Morgan fingerprint density at radius 2 is 1.39 bits per heavy atom. The highest BCUT2D eigenvalue weighted by Gasteiger charge is 2.37. The minimum atomic E-state index is -0.408. The second kappa shape index (κ2) is 7.46. The Hall–Kier alpha value is -3.81. The van der Waals surface area contributed by atoms with E-state index in [0.29, 0.717) is 37.3 Å². The van der Waals surface area contributed by atoms with E-state index in [4.69, 9.17) is 4.98 Å². The first-order valence-corrected chi connectivity index (χ1v) is 10.2. The lowest BCUT2D eigenvalue weighted by Crippen LogP contribution is -2.52. The number of amides is 3. The summed E-state index contributed by atoms with van der Waals surface area (Å²) in [7, 11) is 0. The molecule has 156 valence electrons. The summed E-state index contributed by atoms with van der Waals surface area (Å²) in [5.41, 5.74) is 3.26. The van der Waals surface area contributed by atoms with Crippen LogP contribution < -0.4 is 4.90 Å². The van der Waals surface area contributed by atoms with Crippen molar-refractivity contribution in [1.29, 1.82) is 0 Å². The van der Waals surface area contributed by atoms with Gasteiger partial charge in [0, 0.05) is 26.2 Å². The smallest absolute Gasteiger partial charge is 0.262 e. The van der Waals surface area contributed by atoms with E-state index in [-0.39, 0.29) is 12.5 Å². The van der Waals surface area contributed by atoms with Crippen molar-refractivity contribution in [2.24, 2.45) is 0 Å². The Kier molecular flexibility index (Phi) is 4.62. The molecule has 1 fully saturated rings. The van der Waals surface area contributed by atoms with E-state index in [2.05, 4.69) is 9.88 Å². The van der Waals surface area contributed by atoms with Gasteiger partial charge in [-0.2, -0.15) is 0 Å². The Bertz CT molecular complexity index is 1180. The second-order valence-corrected chi connectivity index (χ2v) is 7.73. The van der Waals surface area contributed by atoms with Gasteiger partial charge in [0.25, 0.3) is 11.8 Å². The summed E-state index contributed by atoms with van der Waals surface area (Å²) in [6.07, 6.45) is 0. The Morgan fingerprint density at radius 1 is 0.839 bits per heavy atom. The van der Waals surface area contributed by atoms with Crippen LogP contribution in [0.15, 0.2) is 48.5 Å². The lowest BCUT2D eigenvalue weighted by molar-refractivity contribution is -0.131. The molecule has 2 aliphatic heterocycles. The minimum Gasteiger partial charge on any atom is -0.352 e. The van der Waals surface area contributed by atoms with Crippen LogP contribution in [0.3, 0.4) is 0 Å². The molecule has 0 unspecified atom stereocenters. The molecule has 0 atom stereocenters. The molecule has 0 aliphatic carbocycles. The van der Waals surface area contributed by atoms with Crippen LogP contribution in [0.25, 0.3) is 11.0 Å². The molecule has 8 nitrogen and oxygen atoms in total. The van der Waals surface area contributed by atoms with E-state index in [9.17, 15) is 14.4 Å². The number of rotatable bonds is 3. The summed E-state index contributed by atoms with van der Waals surface area (Å²) in [4.78, 5) is 52.1. The van der Waals surface area contributed by atoms with Crippen molar-refractivity contribution in [3.63, 3.8) is 0 Å². The fourth-order valence-corrected chi connectivity index (χ4v) is 4.16. The monoisotopic (exact) mass is 415 g/mol. The number of anilines is 1. The molecule has 0 bridgehead atoms. The number of imide groups is 1. The number of carbonyl (C=O) groups is 3. The molecule has 8 heteroatoms. The standard InChI is InChI=1S/C23H21N5O3/c1-15-21(25-19-9-5-4-8-18(19)24-15)27-12-10-26(11-13-27)20(29)14-28-22(30)16-6-2-3-7-17(16)23(28)31/h2-9H,10-14H2,1H3. The van der Waals surface area contributed by atoms with Crippen LogP contribution in [0.4, 0.5) is 5.82 Å². The minimum absolute atomic E-state index is 0.226. The number of carbonyl (C=O) groups excluding carboxylic acids is 3. The Balaban J connectivity index is 1.25. The predicted molar refractivity (Wildman–Crippen MR) is 115 cm³/mol. The van der Waals surface area contributed by atoms with Crippen molar-refractivity contribution in [2.75, 3.05) is 37.6 Å². The maximum Gasteiger partial charge on any atom is 0.262 e. The summed E-state index contributed by atoms with van der Waals surface area (Å²) in [5, 5.41) is 0. The number of aromatic nitrogens is 2. The van der Waals surface area contributed by atoms with E-state index >= 15 is 0 Å². The number of hydrogen-bond donors (Lipinski definition) is 0. The first kappa shape index (κ1) is 19.2. The Labute approximate surface area is 179 Å². The largest absolute Gasteiger partial charge is 0.352 e. The highest BCUT2D eigenvalue weighted by molar-refractivity contribution is 6.22. The number of aryl methyl sites for hydroxylation is 1. The summed E-state index contributed by atoms with van der Waals surface area (Å²) in [6, 6.07) is 14.4. The molecule has 0 saturated carbocycles. The number of benzene rings is 2. The number of hydrogen-bond acceptors (Lipinski definition) is 6. The molecule has 2 aliphatic rings. The molecule has 3 heterocycles. The quantitative estimate of drug-likeness (QED) is 0.607. The molecule has 1 aromatic heterocycles.